The standard InChI is InChI=1S/C20H21F2NO2/c21-17-6-7-18(22)16(12-17)13-19(24)23-10-8-15(9-11-23)20(25)14-4-2-1-3-5-14/h1-7,12,15,20,25H,8-11,13H2. The molecule has 1 amide bonds. The number of carbonyl (C=O) groups is 1. The zero-order valence-corrected chi connectivity index (χ0v) is 13.9. The number of rotatable bonds is 4. The van der Waals surface area contributed by atoms with E-state index in [0.29, 0.717) is 25.9 Å². The second kappa shape index (κ2) is 7.74. The van der Waals surface area contributed by atoms with Gasteiger partial charge in [-0.2, -0.15) is 0 Å². The van der Waals surface area contributed by atoms with E-state index in [1.807, 2.05) is 30.3 Å². The highest BCUT2D eigenvalue weighted by Crippen LogP contribution is 2.30. The second-order valence-corrected chi connectivity index (χ2v) is 6.49. The van der Waals surface area contributed by atoms with E-state index in [1.165, 1.54) is 0 Å². The van der Waals surface area contributed by atoms with Crippen molar-refractivity contribution in [1.29, 1.82) is 0 Å². The number of aliphatic hydroxyl groups excluding tert-OH is 1. The smallest absolute Gasteiger partial charge is 0.227 e. The molecule has 3 nitrogen and oxygen atoms in total. The minimum atomic E-state index is -0.566. The molecule has 1 N–H and O–H groups in total. The molecule has 1 heterocycles. The molecule has 0 radical (unpaired) electrons. The Bertz CT molecular complexity index is 728. The van der Waals surface area contributed by atoms with Gasteiger partial charge in [-0.3, -0.25) is 4.79 Å². The maximum atomic E-state index is 13.7. The lowest BCUT2D eigenvalue weighted by atomic mass is 9.87. The summed E-state index contributed by atoms with van der Waals surface area (Å²) in [6.45, 7) is 1.04. The molecule has 5 heteroatoms. The molecular formula is C20H21F2NO2. The van der Waals surface area contributed by atoms with E-state index in [4.69, 9.17) is 0 Å². The molecule has 1 atom stereocenters. The number of hydrogen-bond donors (Lipinski definition) is 1. The molecule has 0 bridgehead atoms. The molecule has 1 saturated heterocycles. The molecule has 0 aliphatic carbocycles. The molecule has 0 saturated carbocycles. The Hall–Kier alpha value is -2.27. The lowest BCUT2D eigenvalue weighted by Gasteiger charge is -2.34. The van der Waals surface area contributed by atoms with Crippen LogP contribution in [0.15, 0.2) is 48.5 Å². The zero-order chi connectivity index (χ0) is 17.8. The number of hydrogen-bond acceptors (Lipinski definition) is 2. The van der Waals surface area contributed by atoms with Crippen LogP contribution < -0.4 is 0 Å². The molecule has 2 aromatic carbocycles. The minimum absolute atomic E-state index is 0.0800. The van der Waals surface area contributed by atoms with Crippen LogP contribution in [0.3, 0.4) is 0 Å². The lowest BCUT2D eigenvalue weighted by molar-refractivity contribution is -0.132. The first-order chi connectivity index (χ1) is 12.0. The van der Waals surface area contributed by atoms with Crippen molar-refractivity contribution in [3.8, 4) is 0 Å². The van der Waals surface area contributed by atoms with Crippen LogP contribution in [0.4, 0.5) is 8.78 Å². The van der Waals surface area contributed by atoms with Crippen molar-refractivity contribution < 1.29 is 18.7 Å². The second-order valence-electron chi connectivity index (χ2n) is 6.49. The van der Waals surface area contributed by atoms with Gasteiger partial charge in [0.15, 0.2) is 0 Å². The van der Waals surface area contributed by atoms with E-state index < -0.39 is 17.7 Å². The van der Waals surface area contributed by atoms with Crippen LogP contribution in [0.2, 0.25) is 0 Å². The average molecular weight is 345 g/mol. The molecule has 1 aliphatic heterocycles. The molecule has 132 valence electrons. The highest BCUT2D eigenvalue weighted by Gasteiger charge is 2.28. The number of halogens is 2. The maximum Gasteiger partial charge on any atom is 0.227 e. The first kappa shape index (κ1) is 17.5. The fourth-order valence-electron chi connectivity index (χ4n) is 3.34. The first-order valence-electron chi connectivity index (χ1n) is 8.49. The van der Waals surface area contributed by atoms with E-state index in [-0.39, 0.29) is 23.8 Å². The highest BCUT2D eigenvalue weighted by atomic mass is 19.1. The Morgan fingerprint density at radius 1 is 1.12 bits per heavy atom. The maximum absolute atomic E-state index is 13.7. The summed E-state index contributed by atoms with van der Waals surface area (Å²) in [5.41, 5.74) is 0.963. The van der Waals surface area contributed by atoms with E-state index >= 15 is 0 Å². The fraction of sp³-hybridized carbons (Fsp3) is 0.350. The third-order valence-corrected chi connectivity index (χ3v) is 4.83. The van der Waals surface area contributed by atoms with E-state index in [0.717, 1.165) is 23.8 Å². The fourth-order valence-corrected chi connectivity index (χ4v) is 3.34. The van der Waals surface area contributed by atoms with Crippen molar-refractivity contribution in [3.05, 3.63) is 71.3 Å². The Morgan fingerprint density at radius 2 is 1.80 bits per heavy atom. The van der Waals surface area contributed by atoms with Crippen molar-refractivity contribution in [2.45, 2.75) is 25.4 Å². The summed E-state index contributed by atoms with van der Waals surface area (Å²) in [6.07, 6.45) is 0.690. The van der Waals surface area contributed by atoms with Crippen LogP contribution in [0.5, 0.6) is 0 Å². The van der Waals surface area contributed by atoms with E-state index in [1.54, 1.807) is 4.90 Å². The van der Waals surface area contributed by atoms with Gasteiger partial charge in [0.05, 0.1) is 12.5 Å². The average Bonchev–Trinajstić information content (AvgIpc) is 2.65. The van der Waals surface area contributed by atoms with Gasteiger partial charge < -0.3 is 10.0 Å². The van der Waals surface area contributed by atoms with Gasteiger partial charge in [0, 0.05) is 18.7 Å². The number of nitrogens with zero attached hydrogens (tertiary/aromatic N) is 1. The predicted molar refractivity (Wildman–Crippen MR) is 90.8 cm³/mol. The quantitative estimate of drug-likeness (QED) is 0.922. The monoisotopic (exact) mass is 345 g/mol. The van der Waals surface area contributed by atoms with Crippen molar-refractivity contribution in [3.63, 3.8) is 0 Å². The zero-order valence-electron chi connectivity index (χ0n) is 13.9. The Labute approximate surface area is 145 Å². The van der Waals surface area contributed by atoms with Crippen LogP contribution in [-0.2, 0) is 11.2 Å². The van der Waals surface area contributed by atoms with Crippen LogP contribution >= 0.6 is 0 Å². The Kier molecular flexibility index (Phi) is 5.43. The number of benzene rings is 2. The molecule has 3 rings (SSSR count). The van der Waals surface area contributed by atoms with Crippen LogP contribution in [0.25, 0.3) is 0 Å². The summed E-state index contributed by atoms with van der Waals surface area (Å²) in [4.78, 5) is 14.0. The molecule has 1 aliphatic rings. The van der Waals surface area contributed by atoms with Crippen LogP contribution in [0.1, 0.15) is 30.1 Å². The predicted octanol–water partition coefficient (Wildman–Crippen LogP) is 3.48. The van der Waals surface area contributed by atoms with E-state index in [2.05, 4.69) is 0 Å². The number of carbonyl (C=O) groups excluding carboxylic acids is 1. The normalized spacial score (nSPS) is 16.7. The third-order valence-electron chi connectivity index (χ3n) is 4.83. The van der Waals surface area contributed by atoms with Crippen molar-refractivity contribution in [1.82, 2.24) is 4.90 Å². The SMILES string of the molecule is O=C(Cc1cc(F)ccc1F)N1CCC(C(O)c2ccccc2)CC1. The lowest BCUT2D eigenvalue weighted by Crippen LogP contribution is -2.40. The van der Waals surface area contributed by atoms with Gasteiger partial charge in [-0.1, -0.05) is 30.3 Å². The van der Waals surface area contributed by atoms with Crippen molar-refractivity contribution >= 4 is 5.91 Å². The number of likely N-dealkylation sites (tertiary alicyclic amines) is 1. The largest absolute Gasteiger partial charge is 0.388 e. The summed E-state index contributed by atoms with van der Waals surface area (Å²) >= 11 is 0. The number of piperidine rings is 1. The molecular weight excluding hydrogens is 324 g/mol. The molecule has 25 heavy (non-hydrogen) atoms. The van der Waals surface area contributed by atoms with Crippen LogP contribution in [0, 0.1) is 17.6 Å². The van der Waals surface area contributed by atoms with Gasteiger partial charge >= 0.3 is 0 Å². The third kappa shape index (κ3) is 4.23. The summed E-state index contributed by atoms with van der Waals surface area (Å²) < 4.78 is 26.9. The Balaban J connectivity index is 1.56. The van der Waals surface area contributed by atoms with Crippen LogP contribution in [-0.4, -0.2) is 29.0 Å². The van der Waals surface area contributed by atoms with Gasteiger partial charge in [0.25, 0.3) is 0 Å². The Morgan fingerprint density at radius 3 is 2.48 bits per heavy atom. The molecule has 1 unspecified atom stereocenters. The van der Waals surface area contributed by atoms with E-state index in [9.17, 15) is 18.7 Å². The summed E-state index contributed by atoms with van der Waals surface area (Å²) in [6, 6.07) is 12.6. The molecule has 0 spiro atoms. The highest BCUT2D eigenvalue weighted by molar-refractivity contribution is 5.78. The number of amides is 1. The number of aliphatic hydroxyl groups is 1. The molecule has 0 aromatic heterocycles. The van der Waals surface area contributed by atoms with Gasteiger partial charge in [0.2, 0.25) is 5.91 Å². The topological polar surface area (TPSA) is 40.5 Å². The first-order valence-corrected chi connectivity index (χ1v) is 8.49. The van der Waals surface area contributed by atoms with Crippen molar-refractivity contribution in [2.24, 2.45) is 5.92 Å². The minimum Gasteiger partial charge on any atom is -0.388 e. The summed E-state index contributed by atoms with van der Waals surface area (Å²) in [5, 5.41) is 10.5. The molecule has 2 aromatic rings. The van der Waals surface area contributed by atoms with Gasteiger partial charge in [-0.05, 0) is 42.5 Å². The molecule has 1 fully saturated rings. The van der Waals surface area contributed by atoms with Crippen molar-refractivity contribution in [2.75, 3.05) is 13.1 Å². The van der Waals surface area contributed by atoms with Gasteiger partial charge in [-0.15, -0.1) is 0 Å². The van der Waals surface area contributed by atoms with Gasteiger partial charge in [-0.25, -0.2) is 8.78 Å². The summed E-state index contributed by atoms with van der Waals surface area (Å²) in [7, 11) is 0. The van der Waals surface area contributed by atoms with Gasteiger partial charge in [0.1, 0.15) is 11.6 Å². The summed E-state index contributed by atoms with van der Waals surface area (Å²) in [5.74, 6) is -1.23.